The van der Waals surface area contributed by atoms with Crippen LogP contribution < -0.4 is 0 Å². The van der Waals surface area contributed by atoms with E-state index >= 15 is 0 Å². The van der Waals surface area contributed by atoms with Crippen molar-refractivity contribution in [2.75, 3.05) is 5.75 Å². The van der Waals surface area contributed by atoms with Gasteiger partial charge in [0.1, 0.15) is 0 Å². The summed E-state index contributed by atoms with van der Waals surface area (Å²) >= 11 is 1.45. The quantitative estimate of drug-likeness (QED) is 0.775. The molecule has 0 bridgehead atoms. The fraction of sp³-hybridized carbons (Fsp3) is 0.231. The van der Waals surface area contributed by atoms with E-state index in [1.54, 1.807) is 6.20 Å². The molecule has 3 nitrogen and oxygen atoms in total. The highest BCUT2D eigenvalue weighted by atomic mass is 32.2. The lowest BCUT2D eigenvalue weighted by Gasteiger charge is -2.06. The molecule has 1 heterocycles. The second-order valence-corrected chi connectivity index (χ2v) is 4.49. The van der Waals surface area contributed by atoms with Gasteiger partial charge in [-0.05, 0) is 24.1 Å². The number of rotatable bonds is 4. The first-order valence-corrected chi connectivity index (χ1v) is 6.46. The number of aryl methyl sites for hydroxylation is 1. The summed E-state index contributed by atoms with van der Waals surface area (Å²) in [6.45, 7) is 2.14. The summed E-state index contributed by atoms with van der Waals surface area (Å²) in [4.78, 5) is 4.25. The number of imidazole rings is 1. The monoisotopic (exact) mass is 243 g/mol. The predicted octanol–water partition coefficient (Wildman–Crippen LogP) is 3.05. The Bertz CT molecular complexity index is 522. The summed E-state index contributed by atoms with van der Waals surface area (Å²) in [6.07, 6.45) is 4.72. The van der Waals surface area contributed by atoms with Crippen LogP contribution in [0.3, 0.4) is 0 Å². The zero-order chi connectivity index (χ0) is 12.1. The molecule has 0 atom stereocenters. The Labute approximate surface area is 105 Å². The highest BCUT2D eigenvalue weighted by molar-refractivity contribution is 7.99. The molecule has 0 aliphatic rings. The Balaban J connectivity index is 2.26. The topological polar surface area (TPSA) is 41.6 Å². The third kappa shape index (κ3) is 2.69. The largest absolute Gasteiger partial charge is 0.295 e. The van der Waals surface area contributed by atoms with E-state index in [9.17, 15) is 0 Å². The molecule has 0 aliphatic carbocycles. The summed E-state index contributed by atoms with van der Waals surface area (Å²) < 4.78 is 2.00. The Kier molecular flexibility index (Phi) is 3.84. The number of benzene rings is 1. The maximum Gasteiger partial charge on any atom is 0.173 e. The molecule has 0 N–H and O–H groups in total. The van der Waals surface area contributed by atoms with Crippen molar-refractivity contribution in [3.05, 3.63) is 42.2 Å². The van der Waals surface area contributed by atoms with Gasteiger partial charge in [-0.3, -0.25) is 4.57 Å². The van der Waals surface area contributed by atoms with Crippen LogP contribution >= 0.6 is 11.8 Å². The van der Waals surface area contributed by atoms with Crippen molar-refractivity contribution in [3.8, 4) is 11.8 Å². The van der Waals surface area contributed by atoms with Gasteiger partial charge in [0.2, 0.25) is 0 Å². The SMILES string of the molecule is CCc1ccc(-n2ccnc2SCC#N)cc1. The van der Waals surface area contributed by atoms with E-state index in [1.165, 1.54) is 17.3 Å². The normalized spacial score (nSPS) is 10.1. The van der Waals surface area contributed by atoms with Gasteiger partial charge in [0.15, 0.2) is 5.16 Å². The van der Waals surface area contributed by atoms with E-state index in [4.69, 9.17) is 5.26 Å². The Morgan fingerprint density at radius 3 is 2.76 bits per heavy atom. The number of nitrogens with zero attached hydrogens (tertiary/aromatic N) is 3. The predicted molar refractivity (Wildman–Crippen MR) is 69.3 cm³/mol. The molecule has 0 unspecified atom stereocenters. The van der Waals surface area contributed by atoms with E-state index in [-0.39, 0.29) is 0 Å². The van der Waals surface area contributed by atoms with E-state index in [1.807, 2.05) is 10.8 Å². The van der Waals surface area contributed by atoms with Gasteiger partial charge in [-0.2, -0.15) is 5.26 Å². The molecule has 0 spiro atoms. The summed E-state index contributed by atoms with van der Waals surface area (Å²) in [5.74, 6) is 0.421. The van der Waals surface area contributed by atoms with Gasteiger partial charge in [-0.15, -0.1) is 0 Å². The lowest BCUT2D eigenvalue weighted by Crippen LogP contribution is -1.95. The molecule has 86 valence electrons. The smallest absolute Gasteiger partial charge is 0.173 e. The molecular weight excluding hydrogens is 230 g/mol. The van der Waals surface area contributed by atoms with Crippen molar-refractivity contribution in [3.63, 3.8) is 0 Å². The molecule has 0 fully saturated rings. The van der Waals surface area contributed by atoms with Crippen molar-refractivity contribution >= 4 is 11.8 Å². The molecule has 17 heavy (non-hydrogen) atoms. The van der Waals surface area contributed by atoms with Gasteiger partial charge in [0.25, 0.3) is 0 Å². The number of hydrogen-bond acceptors (Lipinski definition) is 3. The fourth-order valence-electron chi connectivity index (χ4n) is 1.58. The zero-order valence-electron chi connectivity index (χ0n) is 9.63. The minimum Gasteiger partial charge on any atom is -0.295 e. The average Bonchev–Trinajstić information content (AvgIpc) is 2.84. The number of nitriles is 1. The van der Waals surface area contributed by atoms with Crippen molar-refractivity contribution in [1.29, 1.82) is 5.26 Å². The van der Waals surface area contributed by atoms with Gasteiger partial charge in [-0.1, -0.05) is 30.8 Å². The van der Waals surface area contributed by atoms with Crippen LogP contribution in [0.2, 0.25) is 0 Å². The molecule has 0 aliphatic heterocycles. The number of aromatic nitrogens is 2. The third-order valence-corrected chi connectivity index (χ3v) is 3.33. The molecule has 4 heteroatoms. The molecule has 0 radical (unpaired) electrons. The highest BCUT2D eigenvalue weighted by Gasteiger charge is 2.04. The highest BCUT2D eigenvalue weighted by Crippen LogP contribution is 2.20. The summed E-state index contributed by atoms with van der Waals surface area (Å²) in [6, 6.07) is 10.5. The van der Waals surface area contributed by atoms with Gasteiger partial charge in [-0.25, -0.2) is 4.98 Å². The lowest BCUT2D eigenvalue weighted by atomic mass is 10.1. The standard InChI is InChI=1S/C13H13N3S/c1-2-11-3-5-12(6-4-11)16-9-8-15-13(16)17-10-7-14/h3-6,8-9H,2,10H2,1H3. The van der Waals surface area contributed by atoms with E-state index < -0.39 is 0 Å². The van der Waals surface area contributed by atoms with Crippen molar-refractivity contribution in [2.45, 2.75) is 18.5 Å². The van der Waals surface area contributed by atoms with Gasteiger partial charge in [0, 0.05) is 18.1 Å². The maximum absolute atomic E-state index is 8.59. The van der Waals surface area contributed by atoms with Crippen LogP contribution in [0.1, 0.15) is 12.5 Å². The van der Waals surface area contributed by atoms with Crippen LogP contribution in [0.15, 0.2) is 41.8 Å². The molecule has 2 rings (SSSR count). The van der Waals surface area contributed by atoms with Crippen LogP contribution in [0.4, 0.5) is 0 Å². The molecule has 2 aromatic rings. The van der Waals surface area contributed by atoms with Gasteiger partial charge < -0.3 is 0 Å². The van der Waals surface area contributed by atoms with Crippen LogP contribution in [0.5, 0.6) is 0 Å². The first-order chi connectivity index (χ1) is 8.35. The second-order valence-electron chi connectivity index (χ2n) is 3.55. The average molecular weight is 243 g/mol. The van der Waals surface area contributed by atoms with E-state index in [0.29, 0.717) is 5.75 Å². The zero-order valence-corrected chi connectivity index (χ0v) is 10.4. The summed E-state index contributed by atoms with van der Waals surface area (Å²) in [5.41, 5.74) is 2.40. The molecule has 1 aromatic carbocycles. The van der Waals surface area contributed by atoms with Crippen molar-refractivity contribution < 1.29 is 0 Å². The minimum atomic E-state index is 0.421. The minimum absolute atomic E-state index is 0.421. The van der Waals surface area contributed by atoms with Crippen LogP contribution in [0, 0.1) is 11.3 Å². The first-order valence-electron chi connectivity index (χ1n) is 5.47. The van der Waals surface area contributed by atoms with Crippen molar-refractivity contribution in [1.82, 2.24) is 9.55 Å². The fourth-order valence-corrected chi connectivity index (χ4v) is 2.22. The van der Waals surface area contributed by atoms with E-state index in [0.717, 1.165) is 17.3 Å². The molecule has 0 saturated carbocycles. The molecule has 1 aromatic heterocycles. The maximum atomic E-state index is 8.59. The summed E-state index contributed by atoms with van der Waals surface area (Å²) in [5, 5.41) is 9.44. The first kappa shape index (κ1) is 11.7. The van der Waals surface area contributed by atoms with Crippen molar-refractivity contribution in [2.24, 2.45) is 0 Å². The number of hydrogen-bond donors (Lipinski definition) is 0. The van der Waals surface area contributed by atoms with Gasteiger partial charge in [0.05, 0.1) is 11.8 Å². The lowest BCUT2D eigenvalue weighted by molar-refractivity contribution is 0.895. The van der Waals surface area contributed by atoms with Crippen LogP contribution in [-0.4, -0.2) is 15.3 Å². The van der Waals surface area contributed by atoms with Gasteiger partial charge >= 0.3 is 0 Å². The number of thioether (sulfide) groups is 1. The third-order valence-electron chi connectivity index (χ3n) is 2.50. The molecular formula is C13H13N3S. The molecule has 0 amide bonds. The Morgan fingerprint density at radius 1 is 1.35 bits per heavy atom. The Hall–Kier alpha value is -1.73. The summed E-state index contributed by atoms with van der Waals surface area (Å²) in [7, 11) is 0. The Morgan fingerprint density at radius 2 is 2.12 bits per heavy atom. The van der Waals surface area contributed by atoms with Crippen LogP contribution in [-0.2, 0) is 6.42 Å². The van der Waals surface area contributed by atoms with Crippen LogP contribution in [0.25, 0.3) is 5.69 Å². The van der Waals surface area contributed by atoms with E-state index in [2.05, 4.69) is 42.2 Å². The second kappa shape index (κ2) is 5.55. The molecule has 0 saturated heterocycles.